The summed E-state index contributed by atoms with van der Waals surface area (Å²) in [7, 11) is 0. The number of carbonyl (C=O) groups is 1. The minimum absolute atomic E-state index is 0.305. The zero-order valence-corrected chi connectivity index (χ0v) is 10.5. The number of fused-ring (bicyclic) bond motifs is 1. The summed E-state index contributed by atoms with van der Waals surface area (Å²) in [5.74, 6) is 0.305. The summed E-state index contributed by atoms with van der Waals surface area (Å²) in [6.45, 7) is 0. The molecule has 1 aliphatic rings. The number of carbonyl (C=O) groups excluding carboxylic acids is 1. The summed E-state index contributed by atoms with van der Waals surface area (Å²) >= 11 is 4.57. The topological polar surface area (TPSA) is 17.1 Å². The Morgan fingerprint density at radius 2 is 1.75 bits per heavy atom. The van der Waals surface area contributed by atoms with Gasteiger partial charge in [-0.05, 0) is 69.3 Å². The molecule has 0 unspecified atom stereocenters. The second kappa shape index (κ2) is 3.25. The lowest BCUT2D eigenvalue weighted by Gasteiger charge is -2.00. The van der Waals surface area contributed by atoms with E-state index in [1.54, 1.807) is 0 Å². The van der Waals surface area contributed by atoms with E-state index in [0.29, 0.717) is 12.2 Å². The maximum absolute atomic E-state index is 11.3. The number of rotatable bonds is 0. The van der Waals surface area contributed by atoms with Crippen molar-refractivity contribution in [2.75, 3.05) is 0 Å². The molecule has 0 amide bonds. The lowest BCUT2D eigenvalue weighted by Crippen LogP contribution is -1.93. The molecule has 0 N–H and O–H groups in total. The van der Waals surface area contributed by atoms with Crippen LogP contribution >= 0.6 is 45.2 Å². The van der Waals surface area contributed by atoms with Crippen LogP contribution in [0, 0.1) is 7.14 Å². The molecule has 0 saturated carbocycles. The highest BCUT2D eigenvalue weighted by Gasteiger charge is 2.20. The smallest absolute Gasteiger partial charge is 0.163 e. The Hall–Kier alpha value is 0.350. The molecule has 62 valence electrons. The Balaban J connectivity index is 2.63. The van der Waals surface area contributed by atoms with Crippen LogP contribution in [0.3, 0.4) is 0 Å². The molecule has 1 aromatic rings. The van der Waals surface area contributed by atoms with Crippen LogP contribution in [-0.4, -0.2) is 5.78 Å². The van der Waals surface area contributed by atoms with E-state index in [0.717, 1.165) is 12.0 Å². The fourth-order valence-corrected chi connectivity index (χ4v) is 2.44. The van der Waals surface area contributed by atoms with Crippen LogP contribution < -0.4 is 0 Å². The number of ketones is 1. The van der Waals surface area contributed by atoms with Crippen molar-refractivity contribution in [3.63, 3.8) is 0 Å². The minimum atomic E-state index is 0.305. The summed E-state index contributed by atoms with van der Waals surface area (Å²) in [5, 5.41) is 0. The van der Waals surface area contributed by atoms with Crippen LogP contribution in [0.15, 0.2) is 12.1 Å². The SMILES string of the molecule is O=C1CCc2cc(I)c(I)cc21. The molecule has 1 nitrogen and oxygen atoms in total. The molecule has 0 heterocycles. The van der Waals surface area contributed by atoms with Gasteiger partial charge in [0.2, 0.25) is 0 Å². The van der Waals surface area contributed by atoms with Crippen molar-refractivity contribution < 1.29 is 4.79 Å². The average Bonchev–Trinajstić information content (AvgIpc) is 2.35. The van der Waals surface area contributed by atoms with Gasteiger partial charge in [0.15, 0.2) is 5.78 Å². The number of aryl methyl sites for hydroxylation is 1. The number of benzene rings is 1. The third-order valence-electron chi connectivity index (χ3n) is 2.07. The van der Waals surface area contributed by atoms with Gasteiger partial charge in [0, 0.05) is 19.1 Å². The highest BCUT2D eigenvalue weighted by molar-refractivity contribution is 14.1. The first kappa shape index (κ1) is 8.93. The average molecular weight is 384 g/mol. The van der Waals surface area contributed by atoms with Gasteiger partial charge in [-0.2, -0.15) is 0 Å². The Bertz CT molecular complexity index is 358. The molecule has 3 heteroatoms. The van der Waals surface area contributed by atoms with Crippen LogP contribution in [0.25, 0.3) is 0 Å². The van der Waals surface area contributed by atoms with E-state index in [4.69, 9.17) is 0 Å². The number of halogens is 2. The van der Waals surface area contributed by atoms with Crippen molar-refractivity contribution in [1.29, 1.82) is 0 Å². The van der Waals surface area contributed by atoms with Gasteiger partial charge in [0.1, 0.15) is 0 Å². The van der Waals surface area contributed by atoms with Crippen molar-refractivity contribution in [3.8, 4) is 0 Å². The van der Waals surface area contributed by atoms with Gasteiger partial charge in [-0.25, -0.2) is 0 Å². The molecule has 0 aliphatic heterocycles. The summed E-state index contributed by atoms with van der Waals surface area (Å²) < 4.78 is 2.43. The van der Waals surface area contributed by atoms with E-state index in [2.05, 4.69) is 51.2 Å². The first-order valence-corrected chi connectivity index (χ1v) is 5.85. The summed E-state index contributed by atoms with van der Waals surface area (Å²) in [5.41, 5.74) is 2.17. The summed E-state index contributed by atoms with van der Waals surface area (Å²) in [6, 6.07) is 4.13. The maximum Gasteiger partial charge on any atom is 0.163 e. The normalized spacial score (nSPS) is 15.0. The quantitative estimate of drug-likeness (QED) is 0.629. The van der Waals surface area contributed by atoms with E-state index in [9.17, 15) is 4.79 Å². The lowest BCUT2D eigenvalue weighted by atomic mass is 10.1. The van der Waals surface area contributed by atoms with E-state index in [1.807, 2.05) is 6.07 Å². The minimum Gasteiger partial charge on any atom is -0.294 e. The van der Waals surface area contributed by atoms with E-state index >= 15 is 0 Å². The number of Topliss-reactive ketones (excluding diaryl/α,β-unsaturated/α-hetero) is 1. The fourth-order valence-electron chi connectivity index (χ4n) is 1.44. The van der Waals surface area contributed by atoms with Crippen LogP contribution in [0.4, 0.5) is 0 Å². The molecule has 2 rings (SSSR count). The van der Waals surface area contributed by atoms with Crippen molar-refractivity contribution in [3.05, 3.63) is 30.4 Å². The standard InChI is InChI=1S/C9H6I2O/c10-7-3-5-1-2-9(12)6(5)4-8(7)11/h3-4H,1-2H2. The highest BCUT2D eigenvalue weighted by Crippen LogP contribution is 2.27. The molecule has 0 bridgehead atoms. The first-order chi connectivity index (χ1) is 5.68. The van der Waals surface area contributed by atoms with Gasteiger partial charge >= 0.3 is 0 Å². The van der Waals surface area contributed by atoms with Gasteiger partial charge in [-0.1, -0.05) is 0 Å². The van der Waals surface area contributed by atoms with Crippen molar-refractivity contribution in [1.82, 2.24) is 0 Å². The number of hydrogen-bond donors (Lipinski definition) is 0. The Morgan fingerprint density at radius 3 is 2.50 bits per heavy atom. The molecule has 0 radical (unpaired) electrons. The summed E-state index contributed by atoms with van der Waals surface area (Å²) in [6.07, 6.45) is 1.63. The third-order valence-corrected chi connectivity index (χ3v) is 4.88. The maximum atomic E-state index is 11.3. The van der Waals surface area contributed by atoms with Crippen molar-refractivity contribution >= 4 is 51.0 Å². The highest BCUT2D eigenvalue weighted by atomic mass is 127. The molecule has 12 heavy (non-hydrogen) atoms. The van der Waals surface area contributed by atoms with E-state index in [1.165, 1.54) is 12.7 Å². The molecule has 1 aromatic carbocycles. The van der Waals surface area contributed by atoms with Crippen molar-refractivity contribution in [2.24, 2.45) is 0 Å². The monoisotopic (exact) mass is 384 g/mol. The molecule has 0 spiro atoms. The molecule has 0 aromatic heterocycles. The first-order valence-electron chi connectivity index (χ1n) is 3.69. The van der Waals surface area contributed by atoms with Gasteiger partial charge in [0.05, 0.1) is 0 Å². The van der Waals surface area contributed by atoms with Gasteiger partial charge in [-0.3, -0.25) is 4.79 Å². The third kappa shape index (κ3) is 1.41. The van der Waals surface area contributed by atoms with Gasteiger partial charge in [0.25, 0.3) is 0 Å². The zero-order valence-electron chi connectivity index (χ0n) is 6.23. The second-order valence-electron chi connectivity index (χ2n) is 2.85. The molecular weight excluding hydrogens is 378 g/mol. The van der Waals surface area contributed by atoms with Gasteiger partial charge < -0.3 is 0 Å². The molecule has 0 fully saturated rings. The Morgan fingerprint density at radius 1 is 1.08 bits per heavy atom. The van der Waals surface area contributed by atoms with Crippen LogP contribution in [-0.2, 0) is 6.42 Å². The molecule has 0 atom stereocenters. The largest absolute Gasteiger partial charge is 0.294 e. The fraction of sp³-hybridized carbons (Fsp3) is 0.222. The summed E-state index contributed by atoms with van der Waals surface area (Å²) in [4.78, 5) is 11.3. The van der Waals surface area contributed by atoms with E-state index in [-0.39, 0.29) is 0 Å². The Labute approximate surface area is 98.2 Å². The number of hydrogen-bond acceptors (Lipinski definition) is 1. The van der Waals surface area contributed by atoms with E-state index < -0.39 is 0 Å². The Kier molecular flexibility index (Phi) is 2.42. The zero-order chi connectivity index (χ0) is 8.72. The van der Waals surface area contributed by atoms with Crippen molar-refractivity contribution in [2.45, 2.75) is 12.8 Å². The predicted octanol–water partition coefficient (Wildman–Crippen LogP) is 3.02. The predicted molar refractivity (Wildman–Crippen MR) is 64.5 cm³/mol. The molecule has 1 aliphatic carbocycles. The lowest BCUT2D eigenvalue weighted by molar-refractivity contribution is 0.0994. The molecule has 0 saturated heterocycles. The van der Waals surface area contributed by atoms with Crippen LogP contribution in [0.2, 0.25) is 0 Å². The van der Waals surface area contributed by atoms with Crippen LogP contribution in [0.5, 0.6) is 0 Å². The van der Waals surface area contributed by atoms with Crippen LogP contribution in [0.1, 0.15) is 22.3 Å². The van der Waals surface area contributed by atoms with Gasteiger partial charge in [-0.15, -0.1) is 0 Å². The second-order valence-corrected chi connectivity index (χ2v) is 5.17. The molecular formula is C9H6I2O.